The summed E-state index contributed by atoms with van der Waals surface area (Å²) >= 11 is 5.90. The van der Waals surface area contributed by atoms with Crippen molar-refractivity contribution >= 4 is 29.4 Å². The number of hydrogen-bond acceptors (Lipinski definition) is 4. The Morgan fingerprint density at radius 2 is 1.61 bits per heavy atom. The average molecular weight is 403 g/mol. The number of benzene rings is 2. The van der Waals surface area contributed by atoms with Crippen molar-refractivity contribution in [1.82, 2.24) is 10.6 Å². The fraction of sp³-hybridized carbons (Fsp3) is 0.286. The van der Waals surface area contributed by atoms with Gasteiger partial charge in [0.25, 0.3) is 5.91 Å². The molecule has 2 atom stereocenters. The van der Waals surface area contributed by atoms with Crippen molar-refractivity contribution < 1.29 is 19.1 Å². The normalized spacial score (nSPS) is 12.5. The minimum absolute atomic E-state index is 0.00533. The Balaban J connectivity index is 1.97. The number of ether oxygens (including phenoxy) is 1. The summed E-state index contributed by atoms with van der Waals surface area (Å²) in [4.78, 5) is 36.3. The lowest BCUT2D eigenvalue weighted by molar-refractivity contribution is -0.141. The van der Waals surface area contributed by atoms with E-state index in [0.29, 0.717) is 10.6 Å². The minimum atomic E-state index is -0.547. The van der Waals surface area contributed by atoms with Gasteiger partial charge in [0.05, 0.1) is 19.6 Å². The Morgan fingerprint density at radius 3 is 2.21 bits per heavy atom. The first-order chi connectivity index (χ1) is 13.4. The van der Waals surface area contributed by atoms with E-state index < -0.39 is 12.0 Å². The van der Waals surface area contributed by atoms with E-state index in [0.717, 1.165) is 5.56 Å². The van der Waals surface area contributed by atoms with Gasteiger partial charge >= 0.3 is 5.97 Å². The smallest absolute Gasteiger partial charge is 0.307 e. The lowest BCUT2D eigenvalue weighted by Crippen LogP contribution is -2.38. The van der Waals surface area contributed by atoms with Crippen molar-refractivity contribution in [3.8, 4) is 0 Å². The van der Waals surface area contributed by atoms with Crippen molar-refractivity contribution in [2.24, 2.45) is 0 Å². The second-order valence-corrected chi connectivity index (χ2v) is 6.83. The van der Waals surface area contributed by atoms with E-state index in [1.54, 1.807) is 55.5 Å². The molecule has 0 spiro atoms. The largest absolute Gasteiger partial charge is 0.469 e. The van der Waals surface area contributed by atoms with Gasteiger partial charge in [-0.2, -0.15) is 0 Å². The fourth-order valence-electron chi connectivity index (χ4n) is 2.68. The van der Waals surface area contributed by atoms with E-state index in [1.165, 1.54) is 7.11 Å². The summed E-state index contributed by atoms with van der Waals surface area (Å²) in [6, 6.07) is 14.7. The first-order valence-electron chi connectivity index (χ1n) is 8.86. The van der Waals surface area contributed by atoms with Gasteiger partial charge in [0.15, 0.2) is 0 Å². The van der Waals surface area contributed by atoms with Crippen molar-refractivity contribution in [2.75, 3.05) is 7.11 Å². The van der Waals surface area contributed by atoms with Crippen molar-refractivity contribution in [1.29, 1.82) is 0 Å². The van der Waals surface area contributed by atoms with Gasteiger partial charge in [0.1, 0.15) is 0 Å². The minimum Gasteiger partial charge on any atom is -0.469 e. The highest BCUT2D eigenvalue weighted by Crippen LogP contribution is 2.20. The third-order valence-corrected chi connectivity index (χ3v) is 4.36. The highest BCUT2D eigenvalue weighted by Gasteiger charge is 2.21. The highest BCUT2D eigenvalue weighted by molar-refractivity contribution is 6.30. The summed E-state index contributed by atoms with van der Waals surface area (Å²) in [6.07, 6.45) is 0.0679. The fourth-order valence-corrected chi connectivity index (χ4v) is 2.80. The molecular formula is C21H23ClN2O4. The second kappa shape index (κ2) is 10.5. The number of carbonyl (C=O) groups is 3. The van der Waals surface area contributed by atoms with Gasteiger partial charge in [-0.05, 0) is 36.8 Å². The number of methoxy groups -OCH3 is 1. The maximum absolute atomic E-state index is 12.5. The Morgan fingerprint density at radius 1 is 0.964 bits per heavy atom. The van der Waals surface area contributed by atoms with E-state index in [4.69, 9.17) is 16.3 Å². The lowest BCUT2D eigenvalue weighted by atomic mass is 10.0. The molecule has 2 unspecified atom stereocenters. The number of rotatable bonds is 8. The van der Waals surface area contributed by atoms with Gasteiger partial charge in [0, 0.05) is 23.0 Å². The number of esters is 1. The van der Waals surface area contributed by atoms with Crippen LogP contribution in [-0.2, 0) is 14.3 Å². The summed E-state index contributed by atoms with van der Waals surface area (Å²) in [6.45, 7) is 1.75. The highest BCUT2D eigenvalue weighted by atomic mass is 35.5. The Bertz CT molecular complexity index is 809. The van der Waals surface area contributed by atoms with Crippen LogP contribution >= 0.6 is 11.6 Å². The molecule has 28 heavy (non-hydrogen) atoms. The maximum Gasteiger partial charge on any atom is 0.307 e. The van der Waals surface area contributed by atoms with Crippen LogP contribution in [-0.4, -0.2) is 30.9 Å². The molecule has 0 aliphatic rings. The molecule has 2 rings (SSSR count). The molecule has 0 radical (unpaired) electrons. The van der Waals surface area contributed by atoms with Gasteiger partial charge in [-0.1, -0.05) is 41.9 Å². The molecule has 0 aromatic heterocycles. The number of hydrogen-bond donors (Lipinski definition) is 2. The Labute approximate surface area is 169 Å². The second-order valence-electron chi connectivity index (χ2n) is 6.40. The zero-order valence-electron chi connectivity index (χ0n) is 15.8. The first-order valence-corrected chi connectivity index (χ1v) is 9.24. The van der Waals surface area contributed by atoms with Gasteiger partial charge in [0.2, 0.25) is 5.91 Å². The quantitative estimate of drug-likeness (QED) is 0.664. The lowest BCUT2D eigenvalue weighted by Gasteiger charge is -2.20. The van der Waals surface area contributed by atoms with Crippen LogP contribution in [0.15, 0.2) is 54.6 Å². The number of halogens is 1. The zero-order chi connectivity index (χ0) is 20.5. The molecule has 2 N–H and O–H groups in total. The molecule has 0 heterocycles. The summed E-state index contributed by atoms with van der Waals surface area (Å²) in [5.74, 6) is -0.972. The van der Waals surface area contributed by atoms with E-state index in [1.807, 2.05) is 6.07 Å². The molecule has 7 heteroatoms. The van der Waals surface area contributed by atoms with E-state index in [9.17, 15) is 14.4 Å². The van der Waals surface area contributed by atoms with Crippen LogP contribution in [0, 0.1) is 0 Å². The van der Waals surface area contributed by atoms with Crippen LogP contribution in [0.4, 0.5) is 0 Å². The Kier molecular flexibility index (Phi) is 8.02. The predicted molar refractivity (Wildman–Crippen MR) is 107 cm³/mol. The average Bonchev–Trinajstić information content (AvgIpc) is 2.68. The molecule has 0 saturated heterocycles. The number of carbonyl (C=O) groups excluding carboxylic acids is 3. The SMILES string of the molecule is COC(=O)CC(NC(=O)CC(C)NC(=O)c1ccccc1)c1ccc(Cl)cc1. The first kappa shape index (κ1) is 21.4. The zero-order valence-corrected chi connectivity index (χ0v) is 16.5. The molecule has 6 nitrogen and oxygen atoms in total. The monoisotopic (exact) mass is 402 g/mol. The molecule has 0 aliphatic heterocycles. The van der Waals surface area contributed by atoms with Gasteiger partial charge in [-0.3, -0.25) is 14.4 Å². The van der Waals surface area contributed by atoms with E-state index >= 15 is 0 Å². The molecule has 2 aromatic rings. The van der Waals surface area contributed by atoms with Crippen LogP contribution in [0.2, 0.25) is 5.02 Å². The molecule has 148 valence electrons. The molecule has 0 aliphatic carbocycles. The topological polar surface area (TPSA) is 84.5 Å². The predicted octanol–water partition coefficient (Wildman–Crippen LogP) is 3.27. The molecular weight excluding hydrogens is 380 g/mol. The Hall–Kier alpha value is -2.86. The summed E-state index contributed by atoms with van der Waals surface area (Å²) < 4.78 is 4.72. The van der Waals surface area contributed by atoms with Gasteiger partial charge < -0.3 is 15.4 Å². The summed E-state index contributed by atoms with van der Waals surface area (Å²) in [5, 5.41) is 6.18. The van der Waals surface area contributed by atoms with E-state index in [-0.39, 0.29) is 30.7 Å². The summed E-state index contributed by atoms with van der Waals surface area (Å²) in [5.41, 5.74) is 1.27. The number of nitrogens with one attached hydrogen (secondary N) is 2. The maximum atomic E-state index is 12.5. The van der Waals surface area contributed by atoms with Crippen LogP contribution < -0.4 is 10.6 Å². The summed E-state index contributed by atoms with van der Waals surface area (Å²) in [7, 11) is 1.30. The van der Waals surface area contributed by atoms with Crippen molar-refractivity contribution in [3.63, 3.8) is 0 Å². The molecule has 0 saturated carbocycles. The molecule has 0 fully saturated rings. The third-order valence-electron chi connectivity index (χ3n) is 4.11. The standard InChI is InChI=1S/C21H23ClN2O4/c1-14(23-21(27)16-6-4-3-5-7-16)12-19(25)24-18(13-20(26)28-2)15-8-10-17(22)11-9-15/h3-11,14,18H,12-13H2,1-2H3,(H,23,27)(H,24,25). The number of amides is 2. The van der Waals surface area contributed by atoms with Crippen molar-refractivity contribution in [3.05, 3.63) is 70.7 Å². The van der Waals surface area contributed by atoms with Crippen LogP contribution in [0.25, 0.3) is 0 Å². The molecule has 2 aromatic carbocycles. The van der Waals surface area contributed by atoms with Crippen LogP contribution in [0.5, 0.6) is 0 Å². The van der Waals surface area contributed by atoms with Crippen LogP contribution in [0.1, 0.15) is 41.7 Å². The van der Waals surface area contributed by atoms with Crippen molar-refractivity contribution in [2.45, 2.75) is 31.8 Å². The van der Waals surface area contributed by atoms with Crippen LogP contribution in [0.3, 0.4) is 0 Å². The molecule has 2 amide bonds. The van der Waals surface area contributed by atoms with Gasteiger partial charge in [-0.25, -0.2) is 0 Å². The van der Waals surface area contributed by atoms with Gasteiger partial charge in [-0.15, -0.1) is 0 Å². The third kappa shape index (κ3) is 6.70. The molecule has 0 bridgehead atoms. The van der Waals surface area contributed by atoms with E-state index in [2.05, 4.69) is 10.6 Å².